The van der Waals surface area contributed by atoms with Gasteiger partial charge in [-0.15, -0.1) is 0 Å². The van der Waals surface area contributed by atoms with Gasteiger partial charge in [0, 0.05) is 5.69 Å². The molecule has 1 amide bonds. The van der Waals surface area contributed by atoms with Gasteiger partial charge >= 0.3 is 0 Å². The van der Waals surface area contributed by atoms with Crippen molar-refractivity contribution in [3.63, 3.8) is 0 Å². The van der Waals surface area contributed by atoms with Crippen LogP contribution in [0.5, 0.6) is 0 Å². The molecule has 1 aromatic carbocycles. The molecule has 0 saturated heterocycles. The Morgan fingerprint density at radius 2 is 2.00 bits per heavy atom. The summed E-state index contributed by atoms with van der Waals surface area (Å²) in [5, 5.41) is 2.96. The summed E-state index contributed by atoms with van der Waals surface area (Å²) >= 11 is 1.62. The number of carbonyl (C=O) groups is 1. The lowest BCUT2D eigenvalue weighted by molar-refractivity contribution is -0.113. The van der Waals surface area contributed by atoms with Crippen LogP contribution in [0.3, 0.4) is 0 Å². The summed E-state index contributed by atoms with van der Waals surface area (Å²) in [5.74, 6) is 1.49. The first kappa shape index (κ1) is 14.1. The van der Waals surface area contributed by atoms with Crippen LogP contribution in [0, 0.1) is 13.8 Å². The fourth-order valence-corrected chi connectivity index (χ4v) is 2.31. The van der Waals surface area contributed by atoms with Crippen LogP contribution in [0.1, 0.15) is 17.5 Å². The van der Waals surface area contributed by atoms with Gasteiger partial charge in [0.15, 0.2) is 0 Å². The molecule has 0 heterocycles. The van der Waals surface area contributed by atoms with Crippen LogP contribution in [-0.4, -0.2) is 24.0 Å². The number of hydrogen-bond donors (Lipinski definition) is 2. The first-order valence-corrected chi connectivity index (χ1v) is 6.94. The Hall–Kier alpha value is -1.000. The lowest BCUT2D eigenvalue weighted by Gasteiger charge is -2.11. The van der Waals surface area contributed by atoms with Crippen LogP contribution in [0.15, 0.2) is 18.2 Å². The largest absolute Gasteiger partial charge is 0.330 e. The zero-order valence-corrected chi connectivity index (χ0v) is 11.3. The number of rotatable bonds is 6. The average molecular weight is 252 g/mol. The Labute approximate surface area is 107 Å². The number of hydrogen-bond acceptors (Lipinski definition) is 3. The lowest BCUT2D eigenvalue weighted by Crippen LogP contribution is -2.16. The van der Waals surface area contributed by atoms with Gasteiger partial charge in [0.25, 0.3) is 0 Å². The van der Waals surface area contributed by atoms with Crippen molar-refractivity contribution in [2.24, 2.45) is 5.73 Å². The highest BCUT2D eigenvalue weighted by molar-refractivity contribution is 7.99. The minimum atomic E-state index is 0.0596. The molecule has 0 atom stereocenters. The van der Waals surface area contributed by atoms with Crippen molar-refractivity contribution in [3.8, 4) is 0 Å². The fourth-order valence-electron chi connectivity index (χ4n) is 1.54. The van der Waals surface area contributed by atoms with E-state index in [9.17, 15) is 4.79 Å². The van der Waals surface area contributed by atoms with Gasteiger partial charge in [0.2, 0.25) is 5.91 Å². The van der Waals surface area contributed by atoms with Crippen LogP contribution in [-0.2, 0) is 4.79 Å². The zero-order chi connectivity index (χ0) is 12.7. The maximum Gasteiger partial charge on any atom is 0.234 e. The van der Waals surface area contributed by atoms with Gasteiger partial charge in [-0.2, -0.15) is 11.8 Å². The van der Waals surface area contributed by atoms with E-state index in [1.165, 1.54) is 0 Å². The summed E-state index contributed by atoms with van der Waals surface area (Å²) in [6, 6.07) is 6.00. The van der Waals surface area contributed by atoms with Gasteiger partial charge in [-0.3, -0.25) is 4.79 Å². The van der Waals surface area contributed by atoms with Crippen molar-refractivity contribution < 1.29 is 4.79 Å². The monoisotopic (exact) mass is 252 g/mol. The lowest BCUT2D eigenvalue weighted by atomic mass is 10.1. The molecule has 3 N–H and O–H groups in total. The topological polar surface area (TPSA) is 55.1 Å². The molecule has 0 bridgehead atoms. The number of thioether (sulfide) groups is 1. The van der Waals surface area contributed by atoms with Gasteiger partial charge in [-0.1, -0.05) is 18.2 Å². The van der Waals surface area contributed by atoms with E-state index < -0.39 is 0 Å². The summed E-state index contributed by atoms with van der Waals surface area (Å²) in [4.78, 5) is 11.7. The highest BCUT2D eigenvalue weighted by atomic mass is 32.2. The second kappa shape index (κ2) is 7.35. The minimum absolute atomic E-state index is 0.0596. The molecular formula is C13H20N2OS. The van der Waals surface area contributed by atoms with E-state index in [2.05, 4.69) is 5.32 Å². The molecule has 3 nitrogen and oxygen atoms in total. The van der Waals surface area contributed by atoms with Crippen LogP contribution in [0.4, 0.5) is 5.69 Å². The Balaban J connectivity index is 2.45. The maximum atomic E-state index is 11.7. The molecule has 17 heavy (non-hydrogen) atoms. The van der Waals surface area contributed by atoms with Crippen molar-refractivity contribution in [1.29, 1.82) is 0 Å². The third kappa shape index (κ3) is 4.79. The molecule has 94 valence electrons. The summed E-state index contributed by atoms with van der Waals surface area (Å²) in [7, 11) is 0. The second-order valence-corrected chi connectivity index (χ2v) is 5.11. The molecule has 0 aliphatic carbocycles. The van der Waals surface area contributed by atoms with Crippen LogP contribution in [0.25, 0.3) is 0 Å². The van der Waals surface area contributed by atoms with Crippen molar-refractivity contribution in [3.05, 3.63) is 29.3 Å². The van der Waals surface area contributed by atoms with Gasteiger partial charge < -0.3 is 11.1 Å². The predicted octanol–water partition coefficient (Wildman–Crippen LogP) is 2.32. The normalized spacial score (nSPS) is 10.3. The number of aryl methyl sites for hydroxylation is 2. The molecule has 1 rings (SSSR count). The molecule has 0 saturated carbocycles. The van der Waals surface area contributed by atoms with E-state index in [0.717, 1.165) is 29.0 Å². The molecule has 0 spiro atoms. The molecular weight excluding hydrogens is 232 g/mol. The standard InChI is InChI=1S/C13H20N2OS/c1-10-5-3-6-11(2)13(10)15-12(16)9-17-8-4-7-14/h3,5-6H,4,7-9,14H2,1-2H3,(H,15,16). The van der Waals surface area contributed by atoms with E-state index in [-0.39, 0.29) is 5.91 Å². The number of nitrogens with two attached hydrogens (primary N) is 1. The number of amides is 1. The second-order valence-electron chi connectivity index (χ2n) is 4.01. The van der Waals surface area contributed by atoms with Crippen LogP contribution < -0.4 is 11.1 Å². The minimum Gasteiger partial charge on any atom is -0.330 e. The Morgan fingerprint density at radius 3 is 2.59 bits per heavy atom. The molecule has 0 aliphatic rings. The van der Waals surface area contributed by atoms with Gasteiger partial charge in [0.05, 0.1) is 5.75 Å². The van der Waals surface area contributed by atoms with E-state index in [4.69, 9.17) is 5.73 Å². The Morgan fingerprint density at radius 1 is 1.35 bits per heavy atom. The SMILES string of the molecule is Cc1cccc(C)c1NC(=O)CSCCCN. The molecule has 0 fully saturated rings. The van der Waals surface area contributed by atoms with E-state index in [1.807, 2.05) is 32.0 Å². The van der Waals surface area contributed by atoms with Gasteiger partial charge in [0.1, 0.15) is 0 Å². The van der Waals surface area contributed by atoms with E-state index in [1.54, 1.807) is 11.8 Å². The average Bonchev–Trinajstić information content (AvgIpc) is 2.30. The highest BCUT2D eigenvalue weighted by Gasteiger charge is 2.06. The quantitative estimate of drug-likeness (QED) is 0.764. The van der Waals surface area contributed by atoms with Crippen molar-refractivity contribution in [1.82, 2.24) is 0 Å². The first-order chi connectivity index (χ1) is 8.15. The fraction of sp³-hybridized carbons (Fsp3) is 0.462. The Bertz CT molecular complexity index is 359. The predicted molar refractivity (Wildman–Crippen MR) is 75.5 cm³/mol. The van der Waals surface area contributed by atoms with E-state index in [0.29, 0.717) is 12.3 Å². The van der Waals surface area contributed by atoms with Gasteiger partial charge in [-0.25, -0.2) is 0 Å². The maximum absolute atomic E-state index is 11.7. The Kier molecular flexibility index (Phi) is 6.08. The summed E-state index contributed by atoms with van der Waals surface area (Å²) in [6.45, 7) is 4.69. The van der Waals surface area contributed by atoms with E-state index >= 15 is 0 Å². The highest BCUT2D eigenvalue weighted by Crippen LogP contribution is 2.19. The number of anilines is 1. The molecule has 0 radical (unpaired) electrons. The first-order valence-electron chi connectivity index (χ1n) is 5.79. The molecule has 4 heteroatoms. The smallest absolute Gasteiger partial charge is 0.234 e. The van der Waals surface area contributed by atoms with Gasteiger partial charge in [-0.05, 0) is 43.7 Å². The number of carbonyl (C=O) groups excluding carboxylic acids is 1. The molecule has 0 aliphatic heterocycles. The van der Waals surface area contributed by atoms with Crippen molar-refractivity contribution in [2.75, 3.05) is 23.4 Å². The third-order valence-electron chi connectivity index (χ3n) is 2.47. The number of nitrogens with one attached hydrogen (secondary N) is 1. The number of benzene rings is 1. The molecule has 0 aromatic heterocycles. The molecule has 0 unspecified atom stereocenters. The molecule has 1 aromatic rings. The van der Waals surface area contributed by atoms with Crippen LogP contribution in [0.2, 0.25) is 0 Å². The third-order valence-corrected chi connectivity index (χ3v) is 3.52. The summed E-state index contributed by atoms with van der Waals surface area (Å²) in [6.07, 6.45) is 0.960. The van der Waals surface area contributed by atoms with Crippen molar-refractivity contribution >= 4 is 23.4 Å². The number of para-hydroxylation sites is 1. The van der Waals surface area contributed by atoms with Crippen molar-refractivity contribution in [2.45, 2.75) is 20.3 Å². The summed E-state index contributed by atoms with van der Waals surface area (Å²) < 4.78 is 0. The van der Waals surface area contributed by atoms with Crippen LogP contribution >= 0.6 is 11.8 Å². The summed E-state index contributed by atoms with van der Waals surface area (Å²) in [5.41, 5.74) is 8.54. The zero-order valence-electron chi connectivity index (χ0n) is 10.5.